The minimum absolute atomic E-state index is 0.0990. The summed E-state index contributed by atoms with van der Waals surface area (Å²) in [6.45, 7) is 4.48. The number of nitrogens with one attached hydrogen (secondary N) is 1. The molecule has 1 N–H and O–H groups in total. The van der Waals surface area contributed by atoms with Crippen LogP contribution >= 0.6 is 0 Å². The highest BCUT2D eigenvalue weighted by Gasteiger charge is 2.37. The first-order valence-corrected chi connectivity index (χ1v) is 11.4. The van der Waals surface area contributed by atoms with Crippen LogP contribution in [0.3, 0.4) is 0 Å². The molecule has 1 aliphatic heterocycles. The molecule has 34 heavy (non-hydrogen) atoms. The van der Waals surface area contributed by atoms with Crippen molar-refractivity contribution in [1.29, 1.82) is 0 Å². The summed E-state index contributed by atoms with van der Waals surface area (Å²) in [6.07, 6.45) is 3.85. The van der Waals surface area contributed by atoms with Crippen molar-refractivity contribution in [3.63, 3.8) is 0 Å². The lowest BCUT2D eigenvalue weighted by molar-refractivity contribution is 0.641. The van der Waals surface area contributed by atoms with Crippen molar-refractivity contribution in [2.75, 3.05) is 11.9 Å². The zero-order chi connectivity index (χ0) is 23.5. The van der Waals surface area contributed by atoms with Crippen molar-refractivity contribution in [3.8, 4) is 0 Å². The lowest BCUT2D eigenvalue weighted by atomic mass is 9.84. The van der Waals surface area contributed by atoms with E-state index in [0.717, 1.165) is 22.3 Å². The Balaban J connectivity index is 1.45. The van der Waals surface area contributed by atoms with Gasteiger partial charge < -0.3 is 4.90 Å². The highest BCUT2D eigenvalue weighted by atomic mass is 15.3. The molecule has 5 heteroatoms. The minimum Gasteiger partial charge on any atom is -0.347 e. The normalized spacial score (nSPS) is 16.4. The molecule has 168 valence electrons. The number of hydrogen-bond donors (Lipinski definition) is 1. The van der Waals surface area contributed by atoms with Crippen LogP contribution in [0.1, 0.15) is 25.1 Å². The quantitative estimate of drug-likeness (QED) is 0.231. The van der Waals surface area contributed by atoms with E-state index < -0.39 is 0 Å². The van der Waals surface area contributed by atoms with Crippen molar-refractivity contribution in [1.82, 2.24) is 10.4 Å². The summed E-state index contributed by atoms with van der Waals surface area (Å²) in [4.78, 5) is 11.8. The highest BCUT2D eigenvalue weighted by Crippen LogP contribution is 2.46. The molecule has 0 atom stereocenters. The third kappa shape index (κ3) is 4.08. The summed E-state index contributed by atoms with van der Waals surface area (Å²) < 4.78 is 0. The Morgan fingerprint density at radius 1 is 0.882 bits per heavy atom. The van der Waals surface area contributed by atoms with Crippen LogP contribution in [-0.2, 0) is 5.41 Å². The molecule has 1 aromatic heterocycles. The van der Waals surface area contributed by atoms with Crippen LogP contribution < -0.4 is 10.3 Å². The van der Waals surface area contributed by atoms with Gasteiger partial charge in [0.1, 0.15) is 5.69 Å². The molecule has 5 nitrogen and oxygen atoms in total. The van der Waals surface area contributed by atoms with Gasteiger partial charge >= 0.3 is 0 Å². The van der Waals surface area contributed by atoms with Crippen LogP contribution in [0.15, 0.2) is 113 Å². The number of anilines is 1. The van der Waals surface area contributed by atoms with E-state index in [9.17, 15) is 0 Å². The first-order chi connectivity index (χ1) is 16.5. The molecule has 1 aliphatic rings. The average Bonchev–Trinajstić information content (AvgIpc) is 3.06. The Bertz CT molecular complexity index is 1420. The topological polar surface area (TPSA) is 52.9 Å². The molecule has 0 aliphatic carbocycles. The van der Waals surface area contributed by atoms with Gasteiger partial charge in [-0.1, -0.05) is 74.5 Å². The number of allylic oxidation sites excluding steroid dienone is 2. The summed E-state index contributed by atoms with van der Waals surface area (Å²) >= 11 is 0. The molecule has 5 rings (SSSR count). The van der Waals surface area contributed by atoms with E-state index in [2.05, 4.69) is 78.8 Å². The van der Waals surface area contributed by atoms with Crippen LogP contribution in [-0.4, -0.2) is 24.1 Å². The Hall–Kier alpha value is -4.25. The second-order valence-electron chi connectivity index (χ2n) is 8.83. The maximum Gasteiger partial charge on any atom is 0.173 e. The Morgan fingerprint density at radius 2 is 1.62 bits per heavy atom. The molecule has 0 spiro atoms. The van der Waals surface area contributed by atoms with Crippen LogP contribution in [0.2, 0.25) is 0 Å². The lowest BCUT2D eigenvalue weighted by Gasteiger charge is -2.23. The number of hydrazone groups is 1. The van der Waals surface area contributed by atoms with Gasteiger partial charge in [-0.2, -0.15) is 5.10 Å². The number of aliphatic imine (C=N–C) groups is 1. The number of aromatic nitrogens is 1. The molecule has 0 unspecified atom stereocenters. The molecule has 0 amide bonds. The summed E-state index contributed by atoms with van der Waals surface area (Å²) in [7, 11) is 2.10. The van der Waals surface area contributed by atoms with E-state index in [-0.39, 0.29) is 5.41 Å². The number of pyridine rings is 1. The van der Waals surface area contributed by atoms with Gasteiger partial charge in [-0.3, -0.25) is 5.43 Å². The second kappa shape index (κ2) is 8.94. The van der Waals surface area contributed by atoms with Crippen LogP contribution in [0.5, 0.6) is 0 Å². The fourth-order valence-corrected chi connectivity index (χ4v) is 4.48. The number of para-hydroxylation sites is 3. The number of amidine groups is 1. The van der Waals surface area contributed by atoms with Gasteiger partial charge in [0.2, 0.25) is 0 Å². The average molecular weight is 446 g/mol. The zero-order valence-electron chi connectivity index (χ0n) is 19.6. The van der Waals surface area contributed by atoms with Crippen molar-refractivity contribution in [3.05, 3.63) is 114 Å². The highest BCUT2D eigenvalue weighted by molar-refractivity contribution is 6.00. The Labute approximate surface area is 200 Å². The number of fused-ring (bicyclic) bond motifs is 2. The molecule has 0 radical (unpaired) electrons. The minimum atomic E-state index is -0.0990. The maximum atomic E-state index is 4.80. The van der Waals surface area contributed by atoms with E-state index in [1.807, 2.05) is 54.6 Å². The van der Waals surface area contributed by atoms with Crippen molar-refractivity contribution >= 4 is 34.3 Å². The number of rotatable bonds is 4. The maximum absolute atomic E-state index is 4.80. The van der Waals surface area contributed by atoms with Crippen LogP contribution in [0, 0.1) is 0 Å². The van der Waals surface area contributed by atoms with E-state index in [4.69, 9.17) is 9.98 Å². The molecule has 2 heterocycles. The van der Waals surface area contributed by atoms with E-state index in [1.54, 1.807) is 6.21 Å². The molecule has 0 bridgehead atoms. The summed E-state index contributed by atoms with van der Waals surface area (Å²) in [5, 5.41) is 5.59. The first kappa shape index (κ1) is 21.6. The summed E-state index contributed by atoms with van der Waals surface area (Å²) in [5.74, 6) is 0.592. The predicted molar refractivity (Wildman–Crippen MR) is 142 cm³/mol. The third-order valence-electron chi connectivity index (χ3n) is 6.26. The molecule has 4 aromatic rings. The third-order valence-corrected chi connectivity index (χ3v) is 6.26. The molecule has 0 fully saturated rings. The number of hydrogen-bond acceptors (Lipinski definition) is 4. The molecular formula is C29H27N5. The van der Waals surface area contributed by atoms with Gasteiger partial charge in [-0.25, -0.2) is 9.98 Å². The summed E-state index contributed by atoms with van der Waals surface area (Å²) in [5.41, 5.74) is 9.25. The van der Waals surface area contributed by atoms with Crippen molar-refractivity contribution in [2.45, 2.75) is 19.3 Å². The Kier molecular flexibility index (Phi) is 5.68. The van der Waals surface area contributed by atoms with Gasteiger partial charge in [0.05, 0.1) is 11.2 Å². The summed E-state index contributed by atoms with van der Waals surface area (Å²) in [6, 6.07) is 30.4. The standard InChI is InChI=1S/C29H27N5/c1-29(2)23-14-8-10-16-26(23)34(3)27(29)19-20-30-33-28(31-22-12-5-4-6-13-22)25-18-17-21-11-7-9-15-24(21)32-25/h4-20H,1-3H3,(H,31,33). The fourth-order valence-electron chi connectivity index (χ4n) is 4.48. The first-order valence-electron chi connectivity index (χ1n) is 11.4. The predicted octanol–water partition coefficient (Wildman–Crippen LogP) is 6.20. The number of likely N-dealkylation sites (N-methyl/N-ethyl adjacent to an activating group) is 1. The van der Waals surface area contributed by atoms with E-state index in [1.165, 1.54) is 16.9 Å². The Morgan fingerprint density at radius 3 is 2.44 bits per heavy atom. The van der Waals surface area contributed by atoms with Crippen LogP contribution in [0.25, 0.3) is 10.9 Å². The lowest BCUT2D eigenvalue weighted by Crippen LogP contribution is -2.23. The van der Waals surface area contributed by atoms with Gasteiger partial charge in [0.25, 0.3) is 0 Å². The molecule has 0 saturated carbocycles. The van der Waals surface area contributed by atoms with Gasteiger partial charge in [-0.05, 0) is 42.0 Å². The number of benzene rings is 3. The fraction of sp³-hybridized carbons (Fsp3) is 0.138. The monoisotopic (exact) mass is 445 g/mol. The zero-order valence-corrected chi connectivity index (χ0v) is 19.6. The largest absolute Gasteiger partial charge is 0.347 e. The number of nitrogens with zero attached hydrogens (tertiary/aromatic N) is 4. The molecule has 3 aromatic carbocycles. The van der Waals surface area contributed by atoms with Crippen molar-refractivity contribution < 1.29 is 0 Å². The van der Waals surface area contributed by atoms with Gasteiger partial charge in [0, 0.05) is 35.4 Å². The second-order valence-corrected chi connectivity index (χ2v) is 8.83. The SMILES string of the molecule is CN1C(=CC=NNC(=Nc2ccccc2)c2ccc3ccccc3n2)C(C)(C)c2ccccc21. The van der Waals surface area contributed by atoms with Crippen molar-refractivity contribution in [2.24, 2.45) is 10.1 Å². The molecule has 0 saturated heterocycles. The van der Waals surface area contributed by atoms with Gasteiger partial charge in [0.15, 0.2) is 5.84 Å². The smallest absolute Gasteiger partial charge is 0.173 e. The van der Waals surface area contributed by atoms with E-state index >= 15 is 0 Å². The molecular weight excluding hydrogens is 418 g/mol. The van der Waals surface area contributed by atoms with E-state index in [0.29, 0.717) is 5.84 Å². The van der Waals surface area contributed by atoms with Gasteiger partial charge in [-0.15, -0.1) is 0 Å². The van der Waals surface area contributed by atoms with Crippen LogP contribution in [0.4, 0.5) is 11.4 Å².